The fraction of sp³-hybridized carbons (Fsp3) is 0.214. The van der Waals surface area contributed by atoms with Crippen molar-refractivity contribution < 1.29 is 9.13 Å². The molecule has 0 spiro atoms. The first-order valence-electron chi connectivity index (χ1n) is 5.68. The second-order valence-electron chi connectivity index (χ2n) is 4.04. The van der Waals surface area contributed by atoms with Crippen LogP contribution in [-0.2, 0) is 6.54 Å². The van der Waals surface area contributed by atoms with Crippen molar-refractivity contribution in [2.45, 2.75) is 13.5 Å². The Kier molecular flexibility index (Phi) is 3.77. The average Bonchev–Trinajstić information content (AvgIpc) is 2.40. The van der Waals surface area contributed by atoms with Crippen LogP contribution >= 0.6 is 0 Å². The maximum Gasteiger partial charge on any atom is 0.213 e. The number of rotatable bonds is 4. The van der Waals surface area contributed by atoms with Crippen molar-refractivity contribution in [1.29, 1.82) is 0 Å². The van der Waals surface area contributed by atoms with Gasteiger partial charge in [-0.05, 0) is 19.1 Å². The van der Waals surface area contributed by atoms with E-state index in [2.05, 4.69) is 10.3 Å². The summed E-state index contributed by atoms with van der Waals surface area (Å²) in [5.74, 6) is 0.358. The zero-order valence-electron chi connectivity index (χ0n) is 10.4. The molecule has 4 heteroatoms. The fourth-order valence-electron chi connectivity index (χ4n) is 1.64. The number of nitrogens with zero attached hydrogens (tertiary/aromatic N) is 1. The van der Waals surface area contributed by atoms with Crippen molar-refractivity contribution in [3.8, 4) is 5.88 Å². The van der Waals surface area contributed by atoms with Crippen LogP contribution in [0.25, 0.3) is 0 Å². The number of aromatic nitrogens is 1. The van der Waals surface area contributed by atoms with Crippen LogP contribution in [0.1, 0.15) is 11.1 Å². The van der Waals surface area contributed by atoms with E-state index in [4.69, 9.17) is 4.74 Å². The van der Waals surface area contributed by atoms with Crippen LogP contribution in [0.15, 0.2) is 36.5 Å². The van der Waals surface area contributed by atoms with E-state index < -0.39 is 0 Å². The lowest BCUT2D eigenvalue weighted by atomic mass is 10.1. The summed E-state index contributed by atoms with van der Waals surface area (Å²) < 4.78 is 18.5. The molecule has 2 rings (SSSR count). The van der Waals surface area contributed by atoms with Crippen molar-refractivity contribution in [3.63, 3.8) is 0 Å². The predicted octanol–water partition coefficient (Wildman–Crippen LogP) is 3.15. The minimum absolute atomic E-state index is 0.199. The molecule has 0 atom stereocenters. The molecule has 1 N–H and O–H groups in total. The van der Waals surface area contributed by atoms with E-state index in [1.54, 1.807) is 25.4 Å². The van der Waals surface area contributed by atoms with Gasteiger partial charge in [0.2, 0.25) is 5.88 Å². The highest BCUT2D eigenvalue weighted by atomic mass is 19.1. The summed E-state index contributed by atoms with van der Waals surface area (Å²) >= 11 is 0. The third-order valence-electron chi connectivity index (χ3n) is 2.63. The summed E-state index contributed by atoms with van der Waals surface area (Å²) in [4.78, 5) is 4.07. The number of halogens is 1. The molecule has 18 heavy (non-hydrogen) atoms. The first kappa shape index (κ1) is 12.4. The molecule has 3 nitrogen and oxygen atoms in total. The molecule has 0 unspecified atom stereocenters. The van der Waals surface area contributed by atoms with E-state index in [9.17, 15) is 4.39 Å². The topological polar surface area (TPSA) is 34.1 Å². The number of anilines is 1. The Balaban J connectivity index is 2.04. The standard InChI is InChI=1S/C14H15FN2O/c1-10-3-5-13(15)11(7-10)8-16-12-4-6-14(18-2)17-9-12/h3-7,9,16H,8H2,1-2H3. The molecule has 0 aliphatic carbocycles. The van der Waals surface area contributed by atoms with Gasteiger partial charge in [-0.25, -0.2) is 9.37 Å². The zero-order valence-corrected chi connectivity index (χ0v) is 10.4. The van der Waals surface area contributed by atoms with Gasteiger partial charge in [-0.3, -0.25) is 0 Å². The Morgan fingerprint density at radius 2 is 2.11 bits per heavy atom. The molecule has 1 aromatic carbocycles. The van der Waals surface area contributed by atoms with Gasteiger partial charge in [0.1, 0.15) is 5.82 Å². The normalized spacial score (nSPS) is 10.2. The van der Waals surface area contributed by atoms with Gasteiger partial charge < -0.3 is 10.1 Å². The number of hydrogen-bond acceptors (Lipinski definition) is 3. The molecule has 0 bridgehead atoms. The molecule has 0 amide bonds. The Morgan fingerprint density at radius 1 is 1.28 bits per heavy atom. The van der Waals surface area contributed by atoms with Crippen molar-refractivity contribution in [2.24, 2.45) is 0 Å². The van der Waals surface area contributed by atoms with E-state index >= 15 is 0 Å². The van der Waals surface area contributed by atoms with E-state index in [1.165, 1.54) is 6.07 Å². The number of benzene rings is 1. The molecule has 0 fully saturated rings. The molecule has 2 aromatic rings. The summed E-state index contributed by atoms with van der Waals surface area (Å²) in [5, 5.41) is 3.12. The lowest BCUT2D eigenvalue weighted by Gasteiger charge is -2.08. The zero-order chi connectivity index (χ0) is 13.0. The maximum atomic E-state index is 13.5. The molecule has 0 aliphatic rings. The number of pyridine rings is 1. The summed E-state index contributed by atoms with van der Waals surface area (Å²) in [7, 11) is 1.57. The summed E-state index contributed by atoms with van der Waals surface area (Å²) in [6.45, 7) is 2.37. The maximum absolute atomic E-state index is 13.5. The molecule has 1 aromatic heterocycles. The smallest absolute Gasteiger partial charge is 0.213 e. The van der Waals surface area contributed by atoms with Gasteiger partial charge in [0, 0.05) is 18.2 Å². The second kappa shape index (κ2) is 5.49. The number of methoxy groups -OCH3 is 1. The highest BCUT2D eigenvalue weighted by Crippen LogP contribution is 2.14. The summed E-state index contributed by atoms with van der Waals surface area (Å²) in [6.07, 6.45) is 1.66. The first-order chi connectivity index (χ1) is 8.69. The van der Waals surface area contributed by atoms with E-state index in [0.29, 0.717) is 18.0 Å². The predicted molar refractivity (Wildman–Crippen MR) is 69.3 cm³/mol. The van der Waals surface area contributed by atoms with Crippen LogP contribution < -0.4 is 10.1 Å². The van der Waals surface area contributed by atoms with Crippen LogP contribution in [0, 0.1) is 12.7 Å². The van der Waals surface area contributed by atoms with Gasteiger partial charge in [-0.1, -0.05) is 17.7 Å². The van der Waals surface area contributed by atoms with Crippen molar-refractivity contribution in [2.75, 3.05) is 12.4 Å². The van der Waals surface area contributed by atoms with Crippen LogP contribution in [0.5, 0.6) is 5.88 Å². The molecular weight excluding hydrogens is 231 g/mol. The lowest BCUT2D eigenvalue weighted by Crippen LogP contribution is -2.02. The number of hydrogen-bond donors (Lipinski definition) is 1. The van der Waals surface area contributed by atoms with Gasteiger partial charge in [0.05, 0.1) is 19.0 Å². The molecule has 0 radical (unpaired) electrons. The Bertz CT molecular complexity index is 526. The fourth-order valence-corrected chi connectivity index (χ4v) is 1.64. The molecule has 1 heterocycles. The average molecular weight is 246 g/mol. The SMILES string of the molecule is COc1ccc(NCc2cc(C)ccc2F)cn1. The highest BCUT2D eigenvalue weighted by Gasteiger charge is 2.02. The van der Waals surface area contributed by atoms with Crippen molar-refractivity contribution in [1.82, 2.24) is 4.98 Å². The summed E-state index contributed by atoms with van der Waals surface area (Å²) in [5.41, 5.74) is 2.52. The Morgan fingerprint density at radius 3 is 2.78 bits per heavy atom. The molecule has 94 valence electrons. The highest BCUT2D eigenvalue weighted by molar-refractivity contribution is 5.43. The summed E-state index contributed by atoms with van der Waals surface area (Å²) in [6, 6.07) is 8.68. The van der Waals surface area contributed by atoms with Gasteiger partial charge >= 0.3 is 0 Å². The molecule has 0 saturated carbocycles. The van der Waals surface area contributed by atoms with Crippen molar-refractivity contribution in [3.05, 3.63) is 53.5 Å². The third kappa shape index (κ3) is 2.97. The Hall–Kier alpha value is -2.10. The van der Waals surface area contributed by atoms with Gasteiger partial charge in [0.25, 0.3) is 0 Å². The lowest BCUT2D eigenvalue weighted by molar-refractivity contribution is 0.398. The quantitative estimate of drug-likeness (QED) is 0.899. The van der Waals surface area contributed by atoms with E-state index in [1.807, 2.05) is 19.1 Å². The molecule has 0 aliphatic heterocycles. The van der Waals surface area contributed by atoms with Crippen LogP contribution in [-0.4, -0.2) is 12.1 Å². The van der Waals surface area contributed by atoms with Crippen molar-refractivity contribution >= 4 is 5.69 Å². The van der Waals surface area contributed by atoms with Gasteiger partial charge in [-0.2, -0.15) is 0 Å². The van der Waals surface area contributed by atoms with E-state index in [0.717, 1.165) is 11.3 Å². The molecule has 0 saturated heterocycles. The largest absolute Gasteiger partial charge is 0.481 e. The minimum atomic E-state index is -0.199. The monoisotopic (exact) mass is 246 g/mol. The second-order valence-corrected chi connectivity index (χ2v) is 4.04. The number of nitrogens with one attached hydrogen (secondary N) is 1. The van der Waals surface area contributed by atoms with E-state index in [-0.39, 0.29) is 5.82 Å². The third-order valence-corrected chi connectivity index (χ3v) is 2.63. The minimum Gasteiger partial charge on any atom is -0.481 e. The van der Waals surface area contributed by atoms with Gasteiger partial charge in [0.15, 0.2) is 0 Å². The van der Waals surface area contributed by atoms with Crippen LogP contribution in [0.3, 0.4) is 0 Å². The van der Waals surface area contributed by atoms with Crippen LogP contribution in [0.2, 0.25) is 0 Å². The number of ether oxygens (including phenoxy) is 1. The first-order valence-corrected chi connectivity index (χ1v) is 5.68. The van der Waals surface area contributed by atoms with Crippen LogP contribution in [0.4, 0.5) is 10.1 Å². The molecular formula is C14H15FN2O. The van der Waals surface area contributed by atoms with Gasteiger partial charge in [-0.15, -0.1) is 0 Å². The Labute approximate surface area is 106 Å². The number of aryl methyl sites for hydroxylation is 1.